The molecule has 3 aromatic rings. The van der Waals surface area contributed by atoms with Crippen molar-refractivity contribution in [1.82, 2.24) is 10.2 Å². The number of nitro groups is 2. The van der Waals surface area contributed by atoms with Crippen LogP contribution < -0.4 is 10.2 Å². The first-order valence-corrected chi connectivity index (χ1v) is 23.2. The van der Waals surface area contributed by atoms with E-state index in [4.69, 9.17) is 0 Å². The van der Waals surface area contributed by atoms with E-state index in [-0.39, 0.29) is 47.3 Å². The van der Waals surface area contributed by atoms with Crippen LogP contribution in [0.1, 0.15) is 70.1 Å². The Balaban J connectivity index is 1.25. The van der Waals surface area contributed by atoms with Gasteiger partial charge in [0.2, 0.25) is 11.6 Å². The zero-order chi connectivity index (χ0) is 47.6. The Morgan fingerprint density at radius 3 is 1.95 bits per heavy atom. The molecule has 6 rings (SSSR count). The summed E-state index contributed by atoms with van der Waals surface area (Å²) in [6.45, 7) is 8.11. The van der Waals surface area contributed by atoms with E-state index in [1.165, 1.54) is 54.6 Å². The molecule has 0 atom stereocenters. The molecule has 0 aliphatic carbocycles. The molecule has 0 unspecified atom stereocenters. The van der Waals surface area contributed by atoms with Crippen LogP contribution in [0.25, 0.3) is 0 Å². The molecule has 3 N–H and O–H groups in total. The normalized spacial score (nSPS) is 17.2. The number of imide groups is 1. The van der Waals surface area contributed by atoms with E-state index in [1.54, 1.807) is 34.9 Å². The molecule has 0 radical (unpaired) electrons. The topological polar surface area (TPSA) is 268 Å². The molecular weight excluding hydrogens is 885 g/mol. The molecule has 0 saturated carbocycles. The van der Waals surface area contributed by atoms with E-state index < -0.39 is 64.1 Å². The predicted octanol–water partition coefficient (Wildman–Crippen LogP) is 5.97. The number of unbranched alkanes of at least 4 members (excludes halogenated alkanes) is 2. The maximum Gasteiger partial charge on any atom is 0.294 e. The van der Waals surface area contributed by atoms with Crippen LogP contribution in [0, 0.1) is 20.2 Å². The number of nitrogens with one attached hydrogen (secondary N) is 1. The van der Waals surface area contributed by atoms with Gasteiger partial charge in [0.25, 0.3) is 43.4 Å². The van der Waals surface area contributed by atoms with Crippen LogP contribution in [-0.2, 0) is 52.0 Å². The lowest BCUT2D eigenvalue weighted by Crippen LogP contribution is -2.38. The summed E-state index contributed by atoms with van der Waals surface area (Å²) in [5, 5.41) is 26.1. The number of hydrogen-bond acceptors (Lipinski definition) is 12. The summed E-state index contributed by atoms with van der Waals surface area (Å²) in [5.41, 5.74) is 1.45. The second-order valence-electron chi connectivity index (χ2n) is 16.7. The van der Waals surface area contributed by atoms with E-state index >= 15 is 0 Å². The fourth-order valence-electron chi connectivity index (χ4n) is 8.32. The van der Waals surface area contributed by atoms with Gasteiger partial charge in [0, 0.05) is 90.4 Å². The summed E-state index contributed by atoms with van der Waals surface area (Å²) in [4.78, 5) is 60.4. The smallest absolute Gasteiger partial charge is 0.294 e. The molecule has 3 aromatic carbocycles. The molecule has 0 spiro atoms. The summed E-state index contributed by atoms with van der Waals surface area (Å²) < 4.78 is 70.1. The zero-order valence-electron chi connectivity index (χ0n) is 35.8. The van der Waals surface area contributed by atoms with Crippen molar-refractivity contribution >= 4 is 66.4 Å². The number of amides is 3. The Labute approximate surface area is 374 Å². The van der Waals surface area contributed by atoms with Crippen LogP contribution in [0.5, 0.6) is 0 Å². The summed E-state index contributed by atoms with van der Waals surface area (Å²) >= 11 is 0. The van der Waals surface area contributed by atoms with E-state index in [2.05, 4.69) is 5.32 Å². The monoisotopic (exact) mass is 931 g/mol. The van der Waals surface area contributed by atoms with Crippen molar-refractivity contribution in [3.63, 3.8) is 0 Å². The first-order chi connectivity index (χ1) is 30.4. The lowest BCUT2D eigenvalue weighted by molar-refractivity contribution is -0.455. The summed E-state index contributed by atoms with van der Waals surface area (Å²) in [5.74, 6) is -1.07. The third kappa shape index (κ3) is 10.3. The van der Waals surface area contributed by atoms with Crippen LogP contribution in [0.15, 0.2) is 113 Å². The molecule has 0 fully saturated rings. The lowest BCUT2D eigenvalue weighted by atomic mass is 9.81. The Morgan fingerprint density at radius 1 is 0.754 bits per heavy atom. The fraction of sp³-hybridized carbons (Fsp3) is 0.318. The maximum absolute atomic E-state index is 12.5. The average Bonchev–Trinajstić information content (AvgIpc) is 3.74. The maximum atomic E-state index is 12.5. The first-order valence-electron chi connectivity index (χ1n) is 20.4. The molecule has 0 aromatic heterocycles. The van der Waals surface area contributed by atoms with Crippen molar-refractivity contribution < 1.29 is 54.7 Å². The number of nitrogens with zero attached hydrogens (tertiary/aromatic N) is 5. The van der Waals surface area contributed by atoms with Gasteiger partial charge in [-0.3, -0.25) is 48.6 Å². The lowest BCUT2D eigenvalue weighted by Gasteiger charge is -2.27. The van der Waals surface area contributed by atoms with Gasteiger partial charge in [-0.2, -0.15) is 21.4 Å². The standard InChI is InChI=1S/C44H46N6O13S2/c1-43(2)34-26-32(64(58,59)60)14-16-36(34)46(21-10-6-9-13-40(51)45-20-22-47-41(52)18-19-42(47)53)38(43)11-7-5-8-12-39-44(3,4)35-27-33(65(61,62)63)15-17-37(35)48(39)28-29-23-30(49(54)55)25-31(24-29)50(56)57/h5,7-8,11-12,14-19,23-27H,6,9-10,13,20-22,28H2,1-4H3,(H2-,45,51,58,59,60,61,62,63)/p+1. The van der Waals surface area contributed by atoms with Crippen molar-refractivity contribution in [3.8, 4) is 0 Å². The molecular formula is C44H47N6O13S2+. The average molecular weight is 932 g/mol. The molecule has 3 aliphatic rings. The number of carbonyl (C=O) groups is 3. The number of carbonyl (C=O) groups excluding carboxylic acids is 3. The Bertz CT molecular complexity index is 2850. The highest BCUT2D eigenvalue weighted by Gasteiger charge is 2.45. The van der Waals surface area contributed by atoms with E-state index in [1.807, 2.05) is 38.7 Å². The van der Waals surface area contributed by atoms with Gasteiger partial charge in [-0.25, -0.2) is 0 Å². The molecule has 19 nitrogen and oxygen atoms in total. The minimum Gasteiger partial charge on any atom is -0.354 e. The Morgan fingerprint density at radius 2 is 1.35 bits per heavy atom. The minimum atomic E-state index is -4.59. The van der Waals surface area contributed by atoms with Crippen LogP contribution in [0.3, 0.4) is 0 Å². The van der Waals surface area contributed by atoms with Gasteiger partial charge in [-0.15, -0.1) is 0 Å². The number of rotatable bonds is 18. The summed E-state index contributed by atoms with van der Waals surface area (Å²) in [6.07, 6.45) is 13.3. The molecule has 3 amide bonds. The fourth-order valence-corrected chi connectivity index (χ4v) is 9.33. The highest BCUT2D eigenvalue weighted by Crippen LogP contribution is 2.49. The second kappa shape index (κ2) is 18.4. The predicted molar refractivity (Wildman–Crippen MR) is 238 cm³/mol. The van der Waals surface area contributed by atoms with Gasteiger partial charge in [-0.1, -0.05) is 38.5 Å². The van der Waals surface area contributed by atoms with Crippen LogP contribution in [0.4, 0.5) is 22.7 Å². The van der Waals surface area contributed by atoms with Gasteiger partial charge >= 0.3 is 0 Å². The zero-order valence-corrected chi connectivity index (χ0v) is 37.5. The first kappa shape index (κ1) is 47.8. The Hall–Kier alpha value is -6.68. The number of nitro benzene ring substituents is 2. The van der Waals surface area contributed by atoms with Crippen molar-refractivity contribution in [3.05, 3.63) is 140 Å². The number of non-ortho nitro benzene ring substituents is 2. The molecule has 0 saturated heterocycles. The van der Waals surface area contributed by atoms with Crippen LogP contribution in [-0.4, -0.2) is 88.3 Å². The van der Waals surface area contributed by atoms with Gasteiger partial charge in [0.05, 0.1) is 31.1 Å². The van der Waals surface area contributed by atoms with Gasteiger partial charge in [-0.05, 0) is 68.7 Å². The number of hydrogen-bond donors (Lipinski definition) is 3. The van der Waals surface area contributed by atoms with Gasteiger partial charge in [0.15, 0.2) is 12.3 Å². The second-order valence-corrected chi connectivity index (χ2v) is 19.5. The van der Waals surface area contributed by atoms with Crippen LogP contribution in [0.2, 0.25) is 0 Å². The van der Waals surface area contributed by atoms with Crippen molar-refractivity contribution in [2.45, 2.75) is 80.5 Å². The number of fused-ring (bicyclic) bond motifs is 2. The molecule has 342 valence electrons. The largest absolute Gasteiger partial charge is 0.354 e. The summed E-state index contributed by atoms with van der Waals surface area (Å²) in [7, 11) is -9.11. The number of allylic oxidation sites excluding steroid dienone is 6. The van der Waals surface area contributed by atoms with E-state index in [0.717, 1.165) is 22.4 Å². The van der Waals surface area contributed by atoms with Gasteiger partial charge in [0.1, 0.15) is 0 Å². The molecule has 3 aliphatic heterocycles. The molecule has 0 bridgehead atoms. The summed E-state index contributed by atoms with van der Waals surface area (Å²) in [6, 6.07) is 11.8. The number of anilines is 1. The molecule has 21 heteroatoms. The quantitative estimate of drug-likeness (QED) is 0.0252. The van der Waals surface area contributed by atoms with E-state index in [9.17, 15) is 60.6 Å². The molecule has 65 heavy (non-hydrogen) atoms. The highest BCUT2D eigenvalue weighted by atomic mass is 32.2. The van der Waals surface area contributed by atoms with E-state index in [0.29, 0.717) is 48.3 Å². The third-order valence-electron chi connectivity index (χ3n) is 11.6. The van der Waals surface area contributed by atoms with Crippen molar-refractivity contribution in [2.24, 2.45) is 0 Å². The minimum absolute atomic E-state index is 0.0704. The SMILES string of the molecule is CC1(C)C(=CC=CC=CC2=[N+](Cc3cc([N+](=O)[O-])cc([N+](=O)[O-])c3)c3ccc(S(=O)(=O)O)cc3C2(C)C)N(CCCCCC(=O)NCCN2C(=O)C=CC2=O)c2ccc(S(=O)(=O)O)cc21. The molecule has 3 heterocycles. The Kier molecular flexibility index (Phi) is 13.6. The third-order valence-corrected chi connectivity index (χ3v) is 13.3. The van der Waals surface area contributed by atoms with Gasteiger partial charge < -0.3 is 10.2 Å². The highest BCUT2D eigenvalue weighted by molar-refractivity contribution is 7.86. The van der Waals surface area contributed by atoms with Crippen molar-refractivity contribution in [2.75, 3.05) is 24.5 Å². The number of benzene rings is 3. The van der Waals surface area contributed by atoms with Crippen molar-refractivity contribution in [1.29, 1.82) is 0 Å². The van der Waals surface area contributed by atoms with Crippen LogP contribution >= 0.6 is 0 Å².